The van der Waals surface area contributed by atoms with Gasteiger partial charge in [0.05, 0.1) is 12.8 Å². The zero-order chi connectivity index (χ0) is 13.1. The van der Waals surface area contributed by atoms with Crippen LogP contribution in [0, 0.1) is 0 Å². The molecular weight excluding hydrogens is 244 g/mol. The van der Waals surface area contributed by atoms with Crippen LogP contribution >= 0.6 is 0 Å². The van der Waals surface area contributed by atoms with Crippen LogP contribution in [-0.2, 0) is 13.2 Å². The summed E-state index contributed by atoms with van der Waals surface area (Å²) in [6.07, 6.45) is 3.30. The molecule has 3 aromatic heterocycles. The lowest BCUT2D eigenvalue weighted by atomic mass is 10.3. The SMILES string of the molecule is OCc1nnc(-c2ccccn2)n1Cc1ccco1. The summed E-state index contributed by atoms with van der Waals surface area (Å²) in [7, 11) is 0. The van der Waals surface area contributed by atoms with Crippen LogP contribution in [0.1, 0.15) is 11.6 Å². The molecule has 0 aliphatic heterocycles. The highest BCUT2D eigenvalue weighted by Gasteiger charge is 2.15. The Morgan fingerprint density at radius 3 is 2.79 bits per heavy atom. The Balaban J connectivity index is 2.03. The van der Waals surface area contributed by atoms with Crippen molar-refractivity contribution in [3.63, 3.8) is 0 Å². The van der Waals surface area contributed by atoms with Crippen molar-refractivity contribution in [2.45, 2.75) is 13.2 Å². The number of aromatic nitrogens is 4. The molecule has 6 nitrogen and oxygen atoms in total. The van der Waals surface area contributed by atoms with Gasteiger partial charge in [0.1, 0.15) is 18.1 Å². The predicted octanol–water partition coefficient (Wildman–Crippen LogP) is 1.47. The van der Waals surface area contributed by atoms with Crippen LogP contribution in [0.5, 0.6) is 0 Å². The van der Waals surface area contributed by atoms with Gasteiger partial charge in [-0.05, 0) is 24.3 Å². The summed E-state index contributed by atoms with van der Waals surface area (Å²) in [5.41, 5.74) is 0.709. The smallest absolute Gasteiger partial charge is 0.183 e. The summed E-state index contributed by atoms with van der Waals surface area (Å²) in [6.45, 7) is 0.280. The minimum Gasteiger partial charge on any atom is -0.467 e. The molecule has 0 radical (unpaired) electrons. The first-order valence-corrected chi connectivity index (χ1v) is 5.85. The number of furan rings is 1. The van der Waals surface area contributed by atoms with Crippen molar-refractivity contribution in [1.29, 1.82) is 0 Å². The Morgan fingerprint density at radius 2 is 2.11 bits per heavy atom. The number of nitrogens with zero attached hydrogens (tertiary/aromatic N) is 4. The number of pyridine rings is 1. The second-order valence-electron chi connectivity index (χ2n) is 3.98. The van der Waals surface area contributed by atoms with E-state index in [1.807, 2.05) is 30.3 Å². The minimum atomic E-state index is -0.180. The van der Waals surface area contributed by atoms with Crippen LogP contribution in [0.3, 0.4) is 0 Å². The van der Waals surface area contributed by atoms with Gasteiger partial charge in [0.15, 0.2) is 11.6 Å². The molecule has 1 N–H and O–H groups in total. The Hall–Kier alpha value is -2.47. The quantitative estimate of drug-likeness (QED) is 0.765. The van der Waals surface area contributed by atoms with Crippen molar-refractivity contribution in [2.75, 3.05) is 0 Å². The Labute approximate surface area is 109 Å². The summed E-state index contributed by atoms with van der Waals surface area (Å²) in [5, 5.41) is 17.4. The lowest BCUT2D eigenvalue weighted by Gasteiger charge is -2.06. The largest absolute Gasteiger partial charge is 0.467 e. The molecule has 0 saturated carbocycles. The van der Waals surface area contributed by atoms with E-state index in [-0.39, 0.29) is 6.61 Å². The van der Waals surface area contributed by atoms with Gasteiger partial charge in [0.25, 0.3) is 0 Å². The van der Waals surface area contributed by atoms with Crippen LogP contribution < -0.4 is 0 Å². The molecule has 3 aromatic rings. The fourth-order valence-corrected chi connectivity index (χ4v) is 1.86. The predicted molar refractivity (Wildman–Crippen MR) is 67.0 cm³/mol. The van der Waals surface area contributed by atoms with Crippen LogP contribution in [0.2, 0.25) is 0 Å². The van der Waals surface area contributed by atoms with Gasteiger partial charge >= 0.3 is 0 Å². The normalized spacial score (nSPS) is 10.8. The van der Waals surface area contributed by atoms with E-state index >= 15 is 0 Å². The van der Waals surface area contributed by atoms with E-state index in [0.717, 1.165) is 5.76 Å². The van der Waals surface area contributed by atoms with E-state index in [9.17, 15) is 5.11 Å². The van der Waals surface area contributed by atoms with Gasteiger partial charge in [0, 0.05) is 6.20 Å². The number of hydrogen-bond acceptors (Lipinski definition) is 5. The first-order valence-electron chi connectivity index (χ1n) is 5.85. The van der Waals surface area contributed by atoms with Crippen molar-refractivity contribution >= 4 is 0 Å². The van der Waals surface area contributed by atoms with Gasteiger partial charge in [-0.15, -0.1) is 10.2 Å². The second-order valence-corrected chi connectivity index (χ2v) is 3.98. The summed E-state index contributed by atoms with van der Waals surface area (Å²) in [4.78, 5) is 4.25. The van der Waals surface area contributed by atoms with Gasteiger partial charge in [-0.25, -0.2) is 0 Å². The third-order valence-corrected chi connectivity index (χ3v) is 2.76. The van der Waals surface area contributed by atoms with Crippen molar-refractivity contribution in [3.05, 3.63) is 54.4 Å². The van der Waals surface area contributed by atoms with Gasteiger partial charge in [0.2, 0.25) is 0 Å². The fraction of sp³-hybridized carbons (Fsp3) is 0.154. The van der Waals surface area contributed by atoms with Gasteiger partial charge in [-0.3, -0.25) is 4.98 Å². The summed E-state index contributed by atoms with van der Waals surface area (Å²) in [5.74, 6) is 1.87. The van der Waals surface area contributed by atoms with Crippen LogP contribution in [-0.4, -0.2) is 24.9 Å². The summed E-state index contributed by atoms with van der Waals surface area (Å²) in [6, 6.07) is 9.25. The standard InChI is InChI=1S/C13H12N4O2/c18-9-12-15-16-13(11-5-1-2-6-14-11)17(12)8-10-4-3-7-19-10/h1-7,18H,8-9H2. The first-order chi connectivity index (χ1) is 9.38. The Bertz CT molecular complexity index is 647. The van der Waals surface area contributed by atoms with E-state index in [1.165, 1.54) is 0 Å². The minimum absolute atomic E-state index is 0.180. The summed E-state index contributed by atoms with van der Waals surface area (Å²) >= 11 is 0. The zero-order valence-electron chi connectivity index (χ0n) is 10.1. The van der Waals surface area contributed by atoms with Crippen LogP contribution in [0.25, 0.3) is 11.5 Å². The topological polar surface area (TPSA) is 77.0 Å². The number of aliphatic hydroxyl groups is 1. The lowest BCUT2D eigenvalue weighted by Crippen LogP contribution is -2.07. The fourth-order valence-electron chi connectivity index (χ4n) is 1.86. The summed E-state index contributed by atoms with van der Waals surface area (Å²) < 4.78 is 7.11. The highest BCUT2D eigenvalue weighted by atomic mass is 16.3. The molecule has 96 valence electrons. The average molecular weight is 256 g/mol. The molecule has 3 rings (SSSR count). The maximum atomic E-state index is 9.33. The zero-order valence-corrected chi connectivity index (χ0v) is 10.1. The molecule has 0 saturated heterocycles. The van der Waals surface area contributed by atoms with E-state index in [4.69, 9.17) is 4.42 Å². The molecule has 0 bridgehead atoms. The molecule has 6 heteroatoms. The third-order valence-electron chi connectivity index (χ3n) is 2.76. The van der Waals surface area contributed by atoms with Crippen molar-refractivity contribution < 1.29 is 9.52 Å². The molecule has 3 heterocycles. The molecule has 0 amide bonds. The van der Waals surface area contributed by atoms with Crippen molar-refractivity contribution in [1.82, 2.24) is 19.7 Å². The molecule has 0 atom stereocenters. The maximum absolute atomic E-state index is 9.33. The van der Waals surface area contributed by atoms with E-state index in [1.54, 1.807) is 17.0 Å². The second kappa shape index (κ2) is 5.03. The average Bonchev–Trinajstić information content (AvgIpc) is 3.10. The Kier molecular flexibility index (Phi) is 3.07. The maximum Gasteiger partial charge on any atom is 0.183 e. The molecule has 0 aliphatic rings. The first kappa shape index (κ1) is 11.6. The van der Waals surface area contributed by atoms with E-state index in [0.29, 0.717) is 23.9 Å². The van der Waals surface area contributed by atoms with Gasteiger partial charge in [-0.2, -0.15) is 0 Å². The highest BCUT2D eigenvalue weighted by molar-refractivity contribution is 5.49. The van der Waals surface area contributed by atoms with E-state index in [2.05, 4.69) is 15.2 Å². The molecule has 0 aromatic carbocycles. The van der Waals surface area contributed by atoms with Gasteiger partial charge in [-0.1, -0.05) is 6.07 Å². The van der Waals surface area contributed by atoms with E-state index < -0.39 is 0 Å². The molecule has 0 spiro atoms. The Morgan fingerprint density at radius 1 is 1.16 bits per heavy atom. The molecule has 0 unspecified atom stereocenters. The van der Waals surface area contributed by atoms with Crippen LogP contribution in [0.4, 0.5) is 0 Å². The number of aliphatic hydroxyl groups excluding tert-OH is 1. The van der Waals surface area contributed by atoms with Gasteiger partial charge < -0.3 is 14.1 Å². The highest BCUT2D eigenvalue weighted by Crippen LogP contribution is 2.17. The molecule has 0 aliphatic carbocycles. The third kappa shape index (κ3) is 2.25. The molecule has 19 heavy (non-hydrogen) atoms. The van der Waals surface area contributed by atoms with Crippen molar-refractivity contribution in [2.24, 2.45) is 0 Å². The van der Waals surface area contributed by atoms with Crippen molar-refractivity contribution in [3.8, 4) is 11.5 Å². The number of hydrogen-bond donors (Lipinski definition) is 1. The lowest BCUT2D eigenvalue weighted by molar-refractivity contribution is 0.265. The molecule has 0 fully saturated rings. The monoisotopic (exact) mass is 256 g/mol. The molecular formula is C13H12N4O2. The number of rotatable bonds is 4. The van der Waals surface area contributed by atoms with Crippen LogP contribution in [0.15, 0.2) is 47.2 Å².